The summed E-state index contributed by atoms with van der Waals surface area (Å²) in [7, 11) is 0. The zero-order valence-electron chi connectivity index (χ0n) is 26.0. The number of hydrogen-bond acceptors (Lipinski definition) is 9. The largest absolute Gasteiger partial charge is 0.507 e. The van der Waals surface area contributed by atoms with Gasteiger partial charge >= 0.3 is 12.1 Å². The molecule has 9 nitrogen and oxygen atoms in total. The van der Waals surface area contributed by atoms with E-state index in [0.29, 0.717) is 24.1 Å². The van der Waals surface area contributed by atoms with E-state index < -0.39 is 52.3 Å². The van der Waals surface area contributed by atoms with Gasteiger partial charge in [-0.3, -0.25) is 9.59 Å². The number of fused-ring (bicyclic) bond motifs is 2. The number of benzene rings is 4. The number of aryl methyl sites for hydroxylation is 2. The van der Waals surface area contributed by atoms with Gasteiger partial charge in [-0.1, -0.05) is 36.4 Å². The van der Waals surface area contributed by atoms with Crippen LogP contribution in [0.1, 0.15) is 71.4 Å². The zero-order chi connectivity index (χ0) is 34.6. The van der Waals surface area contributed by atoms with Crippen LogP contribution in [0.5, 0.6) is 23.0 Å². The summed E-state index contributed by atoms with van der Waals surface area (Å²) >= 11 is 0. The topological polar surface area (TPSA) is 153 Å². The third kappa shape index (κ3) is 8.07. The van der Waals surface area contributed by atoms with E-state index in [-0.39, 0.29) is 58.4 Å². The molecule has 5 N–H and O–H groups in total. The maximum Gasteiger partial charge on any atom is 0.416 e. The first kappa shape index (κ1) is 37.4. The van der Waals surface area contributed by atoms with Crippen molar-refractivity contribution in [3.8, 4) is 23.0 Å². The van der Waals surface area contributed by atoms with Crippen molar-refractivity contribution in [2.24, 2.45) is 0 Å². The second-order valence-corrected chi connectivity index (χ2v) is 11.0. The summed E-state index contributed by atoms with van der Waals surface area (Å²) in [5, 5.41) is 43.2. The van der Waals surface area contributed by atoms with Gasteiger partial charge in [0.2, 0.25) is 11.6 Å². The van der Waals surface area contributed by atoms with Crippen molar-refractivity contribution in [3.05, 3.63) is 117 Å². The van der Waals surface area contributed by atoms with E-state index in [1.165, 1.54) is 19.9 Å². The Balaban J connectivity index is 0.000000257. The van der Waals surface area contributed by atoms with Crippen molar-refractivity contribution >= 4 is 29.9 Å². The van der Waals surface area contributed by atoms with Crippen molar-refractivity contribution in [3.63, 3.8) is 0 Å². The molecule has 4 aromatic carbocycles. The normalized spacial score (nSPS) is 12.5. The van der Waals surface area contributed by atoms with Crippen molar-refractivity contribution in [1.29, 1.82) is 0 Å². The number of esters is 1. The average molecular weight is 688 g/mol. The van der Waals surface area contributed by atoms with Gasteiger partial charge in [0.15, 0.2) is 0 Å². The van der Waals surface area contributed by atoms with Crippen LogP contribution in [-0.2, 0) is 17.3 Å². The zero-order valence-corrected chi connectivity index (χ0v) is 26.8. The Bertz CT molecular complexity index is 1770. The van der Waals surface area contributed by atoms with E-state index >= 15 is 0 Å². The fourth-order valence-electron chi connectivity index (χ4n) is 5.14. The number of ketones is 2. The van der Waals surface area contributed by atoms with Gasteiger partial charge in [0, 0.05) is 12.6 Å². The molecule has 48 heavy (non-hydrogen) atoms. The van der Waals surface area contributed by atoms with Crippen LogP contribution < -0.4 is 5.32 Å². The third-order valence-electron chi connectivity index (χ3n) is 7.48. The molecule has 0 aromatic heterocycles. The van der Waals surface area contributed by atoms with Crippen LogP contribution in [0.15, 0.2) is 66.7 Å². The van der Waals surface area contributed by atoms with E-state index in [4.69, 9.17) is 4.74 Å². The van der Waals surface area contributed by atoms with Crippen LogP contribution in [0.4, 0.5) is 13.2 Å². The van der Waals surface area contributed by atoms with E-state index in [2.05, 4.69) is 5.32 Å². The first-order chi connectivity index (χ1) is 22.1. The summed E-state index contributed by atoms with van der Waals surface area (Å²) in [5.41, 5.74) is -0.595. The van der Waals surface area contributed by atoms with Gasteiger partial charge in [0.05, 0.1) is 33.4 Å². The monoisotopic (exact) mass is 687 g/mol. The second kappa shape index (κ2) is 15.2. The van der Waals surface area contributed by atoms with Gasteiger partial charge in [-0.2, -0.15) is 13.2 Å². The smallest absolute Gasteiger partial charge is 0.416 e. The highest BCUT2D eigenvalue weighted by Gasteiger charge is 2.39. The summed E-state index contributed by atoms with van der Waals surface area (Å²) in [6, 6.07) is 16.3. The number of hydrogen-bond donors (Lipinski definition) is 5. The molecule has 0 spiro atoms. The number of alkyl halides is 3. The molecule has 13 heteroatoms. The first-order valence-corrected chi connectivity index (χ1v) is 14.4. The number of phenolic OH excluding ortho intramolecular Hbond substituents is 4. The number of carbonyl (C=O) groups excluding carboxylic acids is 3. The molecule has 254 valence electrons. The van der Waals surface area contributed by atoms with Gasteiger partial charge in [-0.15, -0.1) is 12.4 Å². The third-order valence-corrected chi connectivity index (χ3v) is 7.48. The highest BCUT2D eigenvalue weighted by atomic mass is 35.5. The molecule has 0 saturated carbocycles. The minimum absolute atomic E-state index is 0. The number of rotatable bonds is 7. The highest BCUT2D eigenvalue weighted by molar-refractivity contribution is 6.32. The molecule has 1 unspecified atom stereocenters. The van der Waals surface area contributed by atoms with Crippen molar-refractivity contribution in [2.75, 3.05) is 13.2 Å². The van der Waals surface area contributed by atoms with Crippen LogP contribution in [0, 0.1) is 13.8 Å². The molecule has 0 amide bonds. The highest BCUT2D eigenvalue weighted by Crippen LogP contribution is 2.45. The molecule has 0 aliphatic heterocycles. The lowest BCUT2D eigenvalue weighted by atomic mass is 9.80. The molecule has 0 heterocycles. The maximum atomic E-state index is 12.7. The summed E-state index contributed by atoms with van der Waals surface area (Å²) in [6.45, 7) is 5.43. The van der Waals surface area contributed by atoms with Crippen LogP contribution in [0.2, 0.25) is 0 Å². The number of phenols is 4. The van der Waals surface area contributed by atoms with Crippen LogP contribution in [-0.4, -0.2) is 57.2 Å². The molecule has 1 aliphatic rings. The fraction of sp³-hybridized carbons (Fsp3) is 0.229. The predicted octanol–water partition coefficient (Wildman–Crippen LogP) is 6.41. The number of aromatic hydroxyl groups is 4. The van der Waals surface area contributed by atoms with Crippen molar-refractivity contribution < 1.29 is 52.7 Å². The molecular formula is C35H33ClF3NO8. The minimum atomic E-state index is -4.34. The Morgan fingerprint density at radius 3 is 1.81 bits per heavy atom. The van der Waals surface area contributed by atoms with Crippen molar-refractivity contribution in [1.82, 2.24) is 5.32 Å². The predicted molar refractivity (Wildman–Crippen MR) is 172 cm³/mol. The molecule has 1 aliphatic carbocycles. The van der Waals surface area contributed by atoms with E-state index in [0.717, 1.165) is 24.3 Å². The number of nitrogens with one attached hydrogen (secondary N) is 1. The van der Waals surface area contributed by atoms with Gasteiger partial charge < -0.3 is 30.5 Å². The Labute approximate surface area is 280 Å². The van der Waals surface area contributed by atoms with Gasteiger partial charge in [-0.05, 0) is 74.2 Å². The van der Waals surface area contributed by atoms with Gasteiger partial charge in [0.1, 0.15) is 29.6 Å². The molecular weight excluding hydrogens is 655 g/mol. The molecule has 4 aromatic rings. The lowest BCUT2D eigenvalue weighted by Crippen LogP contribution is -2.31. The maximum absolute atomic E-state index is 12.7. The lowest BCUT2D eigenvalue weighted by molar-refractivity contribution is -0.137. The van der Waals surface area contributed by atoms with Crippen LogP contribution in [0.3, 0.4) is 0 Å². The van der Waals surface area contributed by atoms with E-state index in [1.807, 2.05) is 13.0 Å². The Kier molecular flexibility index (Phi) is 11.9. The summed E-state index contributed by atoms with van der Waals surface area (Å²) in [4.78, 5) is 36.9. The van der Waals surface area contributed by atoms with E-state index in [9.17, 15) is 48.0 Å². The quantitative estimate of drug-likeness (QED) is 0.0743. The minimum Gasteiger partial charge on any atom is -0.507 e. The second-order valence-electron chi connectivity index (χ2n) is 11.0. The standard InChI is InChI=1S/C19H20F3NO2.C16H12O6.ClH/c1-14(12-15-6-5-9-17(13-15)19(20,21)22)23-10-11-25-18(24)16-7-3-2-4-8-16;1-5-3-7(17)9-11(13(5)19)15(21)10-8(18)4-6(2)14(20)12(10)16(9)22;/h2-9,13-14,23H,10-12H2,1H3;3-4,17-20H,1-2H3;1H. The molecule has 0 radical (unpaired) electrons. The lowest BCUT2D eigenvalue weighted by Gasteiger charge is -2.22. The molecule has 5 rings (SSSR count). The Morgan fingerprint density at radius 2 is 1.31 bits per heavy atom. The first-order valence-electron chi connectivity index (χ1n) is 14.4. The van der Waals surface area contributed by atoms with Gasteiger partial charge in [0.25, 0.3) is 0 Å². The fourth-order valence-corrected chi connectivity index (χ4v) is 5.14. The summed E-state index contributed by atoms with van der Waals surface area (Å²) < 4.78 is 43.3. The molecule has 0 fully saturated rings. The number of halogens is 4. The summed E-state index contributed by atoms with van der Waals surface area (Å²) in [6.07, 6.45) is -3.88. The number of ether oxygens (including phenoxy) is 1. The van der Waals surface area contributed by atoms with Crippen LogP contribution >= 0.6 is 12.4 Å². The van der Waals surface area contributed by atoms with Crippen LogP contribution in [0.25, 0.3) is 0 Å². The van der Waals surface area contributed by atoms with Gasteiger partial charge in [-0.25, -0.2) is 4.79 Å². The SMILES string of the molecule is CC(Cc1cccc(C(F)(F)F)c1)NCCOC(=O)c1ccccc1.Cc1cc(O)c2c(c1O)C(=O)c1c(O)cc(C)c(O)c1C2=O.Cl. The molecule has 1 atom stereocenters. The van der Waals surface area contributed by atoms with Crippen molar-refractivity contribution in [2.45, 2.75) is 39.4 Å². The molecule has 0 bridgehead atoms. The molecule has 0 saturated heterocycles. The average Bonchev–Trinajstić information content (AvgIpc) is 3.02. The Hall–Kier alpha value is -5.07. The number of carbonyl (C=O) groups is 3. The Morgan fingerprint density at radius 1 is 0.792 bits per heavy atom. The van der Waals surface area contributed by atoms with E-state index in [1.54, 1.807) is 30.3 Å². The summed E-state index contributed by atoms with van der Waals surface area (Å²) in [5.74, 6) is -3.84.